The highest BCUT2D eigenvalue weighted by Crippen LogP contribution is 2.66. The van der Waals surface area contributed by atoms with E-state index in [9.17, 15) is 24.4 Å². The van der Waals surface area contributed by atoms with Crippen molar-refractivity contribution in [2.24, 2.45) is 11.3 Å². The summed E-state index contributed by atoms with van der Waals surface area (Å²) in [4.78, 5) is 56.6. The fourth-order valence-corrected chi connectivity index (χ4v) is 9.71. The van der Waals surface area contributed by atoms with E-state index in [1.54, 1.807) is 32.0 Å². The predicted octanol–water partition coefficient (Wildman–Crippen LogP) is 5.55. The minimum absolute atomic E-state index is 0.0148. The van der Waals surface area contributed by atoms with Gasteiger partial charge in [0.2, 0.25) is 12.7 Å². The van der Waals surface area contributed by atoms with Gasteiger partial charge in [-0.2, -0.15) is 5.26 Å². The molecule has 10 heteroatoms. The molecule has 3 aromatic carbocycles. The van der Waals surface area contributed by atoms with Crippen LogP contribution in [0.3, 0.4) is 0 Å². The normalized spacial score (nSPS) is 28.4. The summed E-state index contributed by atoms with van der Waals surface area (Å²) in [7, 11) is 1.51. The summed E-state index contributed by atoms with van der Waals surface area (Å²) in [6, 6.07) is 26.1. The second-order valence-corrected chi connectivity index (χ2v) is 15.0. The molecule has 3 aliphatic rings. The molecule has 230 valence electrons. The van der Waals surface area contributed by atoms with Crippen molar-refractivity contribution in [3.63, 3.8) is 0 Å². The quantitative estimate of drug-likeness (QED) is 0.328. The first-order valence-electron chi connectivity index (χ1n) is 14.7. The Bertz CT molecular complexity index is 1730. The average molecular weight is 641 g/mol. The second-order valence-electron chi connectivity index (χ2n) is 12.1. The van der Waals surface area contributed by atoms with Gasteiger partial charge in [0.05, 0.1) is 17.4 Å². The zero-order valence-electron chi connectivity index (χ0n) is 25.1. The minimum atomic E-state index is -1.56. The Balaban J connectivity index is 1.44. The Morgan fingerprint density at radius 2 is 1.44 bits per heavy atom. The van der Waals surface area contributed by atoms with Crippen LogP contribution in [0, 0.1) is 22.7 Å². The van der Waals surface area contributed by atoms with E-state index in [4.69, 9.17) is 9.47 Å². The molecule has 2 aliphatic heterocycles. The number of fused-ring (bicyclic) bond motifs is 2. The molecule has 1 amide bonds. The van der Waals surface area contributed by atoms with Crippen LogP contribution >= 0.6 is 23.5 Å². The van der Waals surface area contributed by atoms with Gasteiger partial charge in [0.25, 0.3) is 0 Å². The molecular formula is C35H32N2O6S2. The van der Waals surface area contributed by atoms with E-state index in [0.29, 0.717) is 17.1 Å². The van der Waals surface area contributed by atoms with Gasteiger partial charge < -0.3 is 14.4 Å². The lowest BCUT2D eigenvalue weighted by Gasteiger charge is -2.50. The number of carbonyl (C=O) groups is 4. The molecule has 0 aromatic heterocycles. The van der Waals surface area contributed by atoms with Gasteiger partial charge in [-0.05, 0) is 49.1 Å². The molecule has 5 atom stereocenters. The van der Waals surface area contributed by atoms with Crippen molar-refractivity contribution in [2.45, 2.75) is 48.6 Å². The van der Waals surface area contributed by atoms with Gasteiger partial charge in [0.1, 0.15) is 4.75 Å². The van der Waals surface area contributed by atoms with Gasteiger partial charge in [-0.3, -0.25) is 19.2 Å². The number of carbonyl (C=O) groups excluding carboxylic acids is 4. The Hall–Kier alpha value is -4.07. The minimum Gasteiger partial charge on any atom is -0.454 e. The maximum absolute atomic E-state index is 15.0. The van der Waals surface area contributed by atoms with E-state index in [-0.39, 0.29) is 42.1 Å². The summed E-state index contributed by atoms with van der Waals surface area (Å²) in [6.07, 6.45) is 0.127. The van der Waals surface area contributed by atoms with Gasteiger partial charge in [0.15, 0.2) is 32.4 Å². The molecule has 6 rings (SSSR count). The Labute approximate surface area is 270 Å². The number of hydrogen-bond donors (Lipinski definition) is 0. The average Bonchev–Trinajstić information content (AvgIpc) is 3.60. The highest BCUT2D eigenvalue weighted by molar-refractivity contribution is 8.16. The van der Waals surface area contributed by atoms with Crippen LogP contribution in [0.15, 0.2) is 78.9 Å². The van der Waals surface area contributed by atoms with Crippen LogP contribution in [-0.2, 0) is 32.0 Å². The number of nitrogens with zero attached hydrogens (tertiary/aromatic N) is 2. The lowest BCUT2D eigenvalue weighted by atomic mass is 9.70. The second kappa shape index (κ2) is 11.7. The van der Waals surface area contributed by atoms with Crippen molar-refractivity contribution in [2.75, 3.05) is 13.8 Å². The number of ether oxygens (including phenoxy) is 2. The lowest BCUT2D eigenvalue weighted by molar-refractivity contribution is -0.151. The number of likely N-dealkylation sites (N-methyl/N-ethyl adjacent to an activating group) is 1. The van der Waals surface area contributed by atoms with Gasteiger partial charge in [-0.15, -0.1) is 0 Å². The van der Waals surface area contributed by atoms with Crippen molar-refractivity contribution in [3.05, 3.63) is 95.6 Å². The van der Waals surface area contributed by atoms with Crippen molar-refractivity contribution in [1.29, 1.82) is 5.26 Å². The Morgan fingerprint density at radius 1 is 0.867 bits per heavy atom. The number of thioether (sulfide) groups is 2. The molecule has 3 unspecified atom stereocenters. The topological polar surface area (TPSA) is 114 Å². The molecule has 1 saturated heterocycles. The summed E-state index contributed by atoms with van der Waals surface area (Å²) in [5, 5.41) is 10.1. The van der Waals surface area contributed by atoms with E-state index in [2.05, 4.69) is 6.07 Å². The first kappa shape index (κ1) is 30.9. The number of hydrogen-bond acceptors (Lipinski definition) is 9. The van der Waals surface area contributed by atoms with Crippen LogP contribution in [0.4, 0.5) is 0 Å². The van der Waals surface area contributed by atoms with Crippen LogP contribution < -0.4 is 9.47 Å². The van der Waals surface area contributed by atoms with Gasteiger partial charge in [-0.25, -0.2) is 0 Å². The third-order valence-electron chi connectivity index (χ3n) is 9.20. The standard InChI is InChI=1S/C35H32N2O6S2/c1-33(20-36)19-35(45-28(39)17-23-12-8-5-9-13-23)30(29(33)24-14-15-25-26(18-24)43-21-42-25)31(40)34(2,37(3)32(35)41)44-27(38)16-22-10-6-4-7-11-22/h4-15,18,29-30H,16-17,19,21H2,1-3H3/t29?,30?,33-,34+,35?/m1/s1. The van der Waals surface area contributed by atoms with Crippen LogP contribution in [0.2, 0.25) is 0 Å². The number of nitriles is 1. The number of Topliss-reactive ketones (excluding diaryl/α,β-unsaturated/α-hetero) is 1. The summed E-state index contributed by atoms with van der Waals surface area (Å²) in [5.74, 6) is -1.60. The summed E-state index contributed by atoms with van der Waals surface area (Å²) in [5.41, 5.74) is 1.02. The van der Waals surface area contributed by atoms with Gasteiger partial charge in [0, 0.05) is 25.8 Å². The highest BCUT2D eigenvalue weighted by atomic mass is 32.2. The molecule has 0 bridgehead atoms. The molecule has 0 radical (unpaired) electrons. The van der Waals surface area contributed by atoms with E-state index in [1.165, 1.54) is 11.9 Å². The molecule has 1 saturated carbocycles. The molecule has 0 spiro atoms. The number of benzene rings is 3. The van der Waals surface area contributed by atoms with Crippen molar-refractivity contribution < 1.29 is 28.7 Å². The molecule has 3 aromatic rings. The maximum Gasteiger partial charge on any atom is 0.241 e. The molecule has 1 aliphatic carbocycles. The largest absolute Gasteiger partial charge is 0.454 e. The van der Waals surface area contributed by atoms with Crippen LogP contribution in [0.25, 0.3) is 0 Å². The zero-order valence-corrected chi connectivity index (χ0v) is 26.8. The molecule has 0 N–H and O–H groups in total. The number of piperidine rings is 1. The molecule has 45 heavy (non-hydrogen) atoms. The van der Waals surface area contributed by atoms with E-state index >= 15 is 0 Å². The zero-order chi connectivity index (χ0) is 32.0. The molecule has 8 nitrogen and oxygen atoms in total. The number of ketones is 1. The SMILES string of the molecule is CN1C(=O)C2(SC(=O)Cc3ccccc3)C[C@](C)(C#N)C(c3ccc4c(c3)OCO4)C2C(=O)[C@]1(C)SC(=O)Cc1ccccc1. The van der Waals surface area contributed by atoms with E-state index in [0.717, 1.165) is 34.7 Å². The molecule has 2 fully saturated rings. The summed E-state index contributed by atoms with van der Waals surface area (Å²) in [6.45, 7) is 3.40. The Morgan fingerprint density at radius 3 is 2.04 bits per heavy atom. The first-order chi connectivity index (χ1) is 21.5. The van der Waals surface area contributed by atoms with E-state index in [1.807, 2.05) is 60.7 Å². The van der Waals surface area contributed by atoms with Crippen molar-refractivity contribution in [3.8, 4) is 17.6 Å². The maximum atomic E-state index is 15.0. The van der Waals surface area contributed by atoms with Crippen LogP contribution in [0.5, 0.6) is 11.5 Å². The number of amides is 1. The first-order valence-corrected chi connectivity index (χ1v) is 16.3. The smallest absolute Gasteiger partial charge is 0.241 e. The van der Waals surface area contributed by atoms with Crippen LogP contribution in [0.1, 0.15) is 42.9 Å². The molecular weight excluding hydrogens is 609 g/mol. The van der Waals surface area contributed by atoms with E-state index < -0.39 is 32.8 Å². The highest BCUT2D eigenvalue weighted by Gasteiger charge is 2.73. The van der Waals surface area contributed by atoms with Crippen LogP contribution in [-0.4, -0.2) is 50.3 Å². The third kappa shape index (κ3) is 5.32. The summed E-state index contributed by atoms with van der Waals surface area (Å²) >= 11 is 1.69. The van der Waals surface area contributed by atoms with Gasteiger partial charge >= 0.3 is 0 Å². The summed E-state index contributed by atoms with van der Waals surface area (Å²) < 4.78 is 9.59. The monoisotopic (exact) mass is 640 g/mol. The molecule has 2 heterocycles. The third-order valence-corrected chi connectivity index (χ3v) is 11.8. The fourth-order valence-electron chi connectivity index (χ4n) is 6.97. The van der Waals surface area contributed by atoms with Gasteiger partial charge in [-0.1, -0.05) is 90.3 Å². The fraction of sp³-hybridized carbons (Fsp3) is 0.343. The predicted molar refractivity (Wildman–Crippen MR) is 172 cm³/mol. The Kier molecular flexibility index (Phi) is 8.04. The lowest BCUT2D eigenvalue weighted by Crippen LogP contribution is -2.67. The van der Waals surface area contributed by atoms with Crippen molar-refractivity contribution in [1.82, 2.24) is 4.90 Å². The number of rotatable bonds is 7. The number of likely N-dealkylation sites (tertiary alicyclic amines) is 1. The van der Waals surface area contributed by atoms with Crippen molar-refractivity contribution >= 4 is 45.4 Å².